The van der Waals surface area contributed by atoms with Gasteiger partial charge in [0.1, 0.15) is 11.6 Å². The van der Waals surface area contributed by atoms with E-state index in [1.54, 1.807) is 6.07 Å². The molecule has 0 aliphatic rings. The zero-order chi connectivity index (χ0) is 10.4. The van der Waals surface area contributed by atoms with Crippen molar-refractivity contribution in [1.29, 1.82) is 0 Å². The first kappa shape index (κ1) is 10.8. The summed E-state index contributed by atoms with van der Waals surface area (Å²) in [6.07, 6.45) is 3.61. The Kier molecular flexibility index (Phi) is 4.16. The molecule has 0 radical (unpaired) electrons. The van der Waals surface area contributed by atoms with Gasteiger partial charge in [-0.15, -0.1) is 10.2 Å². The Morgan fingerprint density at radius 1 is 1.43 bits per heavy atom. The van der Waals surface area contributed by atoms with Crippen LogP contribution in [0.1, 0.15) is 33.1 Å². The summed E-state index contributed by atoms with van der Waals surface area (Å²) in [7, 11) is 0. The van der Waals surface area contributed by atoms with E-state index < -0.39 is 0 Å². The van der Waals surface area contributed by atoms with Crippen molar-refractivity contribution in [2.24, 2.45) is 0 Å². The van der Waals surface area contributed by atoms with E-state index in [9.17, 15) is 0 Å². The van der Waals surface area contributed by atoms with Crippen LogP contribution in [0.4, 0.5) is 11.6 Å². The second kappa shape index (κ2) is 5.42. The molecule has 0 aliphatic carbocycles. The van der Waals surface area contributed by atoms with E-state index in [0.29, 0.717) is 11.9 Å². The predicted molar refractivity (Wildman–Crippen MR) is 59.1 cm³/mol. The molecule has 0 saturated carbocycles. The molecule has 4 heteroatoms. The summed E-state index contributed by atoms with van der Waals surface area (Å²) < 4.78 is 0. The number of anilines is 2. The highest BCUT2D eigenvalue weighted by Crippen LogP contribution is 2.08. The highest BCUT2D eigenvalue weighted by Gasteiger charge is 2.01. The molecule has 4 nitrogen and oxygen atoms in total. The zero-order valence-electron chi connectivity index (χ0n) is 8.83. The van der Waals surface area contributed by atoms with E-state index in [4.69, 9.17) is 5.73 Å². The number of nitrogen functional groups attached to an aromatic ring is 1. The lowest BCUT2D eigenvalue weighted by Crippen LogP contribution is -2.16. The number of nitrogens with one attached hydrogen (secondary N) is 1. The Morgan fingerprint density at radius 2 is 2.21 bits per heavy atom. The summed E-state index contributed by atoms with van der Waals surface area (Å²) in [5, 5.41) is 11.0. The van der Waals surface area contributed by atoms with E-state index in [1.807, 2.05) is 6.07 Å². The van der Waals surface area contributed by atoms with E-state index >= 15 is 0 Å². The van der Waals surface area contributed by atoms with E-state index in [-0.39, 0.29) is 0 Å². The topological polar surface area (TPSA) is 63.8 Å². The molecule has 0 spiro atoms. The summed E-state index contributed by atoms with van der Waals surface area (Å²) in [4.78, 5) is 0. The lowest BCUT2D eigenvalue weighted by Gasteiger charge is -2.12. The Morgan fingerprint density at radius 3 is 2.79 bits per heavy atom. The predicted octanol–water partition coefficient (Wildman–Crippen LogP) is 2.05. The summed E-state index contributed by atoms with van der Waals surface area (Å²) in [6.45, 7) is 4.34. The Hall–Kier alpha value is -1.32. The second-order valence-electron chi connectivity index (χ2n) is 3.53. The quantitative estimate of drug-likeness (QED) is 0.753. The van der Waals surface area contributed by atoms with Crippen LogP contribution in [-0.2, 0) is 0 Å². The maximum Gasteiger partial charge on any atom is 0.149 e. The minimum Gasteiger partial charge on any atom is -0.382 e. The number of nitrogens with two attached hydrogens (primary N) is 1. The van der Waals surface area contributed by atoms with Crippen molar-refractivity contribution in [1.82, 2.24) is 10.2 Å². The minimum atomic E-state index is 0.438. The van der Waals surface area contributed by atoms with Gasteiger partial charge in [-0.2, -0.15) is 0 Å². The van der Waals surface area contributed by atoms with E-state index in [0.717, 1.165) is 12.2 Å². The van der Waals surface area contributed by atoms with Crippen molar-refractivity contribution >= 4 is 11.6 Å². The number of aromatic nitrogens is 2. The molecule has 0 saturated heterocycles. The van der Waals surface area contributed by atoms with Crippen LogP contribution >= 0.6 is 0 Å². The third kappa shape index (κ3) is 3.60. The minimum absolute atomic E-state index is 0.438. The SMILES string of the molecule is CCCCC(C)Nc1ccc(N)nn1. The molecule has 0 fully saturated rings. The summed E-state index contributed by atoms with van der Waals surface area (Å²) >= 11 is 0. The fraction of sp³-hybridized carbons (Fsp3) is 0.600. The maximum atomic E-state index is 5.44. The van der Waals surface area contributed by atoms with Gasteiger partial charge in [-0.05, 0) is 25.5 Å². The average molecular weight is 194 g/mol. The van der Waals surface area contributed by atoms with Gasteiger partial charge in [0.05, 0.1) is 0 Å². The second-order valence-corrected chi connectivity index (χ2v) is 3.53. The van der Waals surface area contributed by atoms with E-state index in [2.05, 4.69) is 29.4 Å². The number of nitrogens with zero attached hydrogens (tertiary/aromatic N) is 2. The fourth-order valence-corrected chi connectivity index (χ4v) is 1.25. The van der Waals surface area contributed by atoms with Crippen molar-refractivity contribution in [3.63, 3.8) is 0 Å². The third-order valence-corrected chi connectivity index (χ3v) is 2.07. The number of hydrogen-bond donors (Lipinski definition) is 2. The number of unbranched alkanes of at least 4 members (excludes halogenated alkanes) is 1. The Labute approximate surface area is 84.9 Å². The van der Waals surface area contributed by atoms with Crippen molar-refractivity contribution in [3.8, 4) is 0 Å². The molecule has 78 valence electrons. The number of hydrogen-bond acceptors (Lipinski definition) is 4. The highest BCUT2D eigenvalue weighted by molar-refractivity contribution is 5.38. The summed E-state index contributed by atoms with van der Waals surface area (Å²) in [5.74, 6) is 1.25. The van der Waals surface area contributed by atoms with Crippen LogP contribution in [0.2, 0.25) is 0 Å². The fourth-order valence-electron chi connectivity index (χ4n) is 1.25. The molecule has 1 aromatic heterocycles. The van der Waals surface area contributed by atoms with Crippen LogP contribution in [0.25, 0.3) is 0 Å². The van der Waals surface area contributed by atoms with Gasteiger partial charge in [0.15, 0.2) is 0 Å². The number of rotatable bonds is 5. The molecule has 1 rings (SSSR count). The van der Waals surface area contributed by atoms with Crippen molar-refractivity contribution in [2.45, 2.75) is 39.2 Å². The van der Waals surface area contributed by atoms with Crippen molar-refractivity contribution in [2.75, 3.05) is 11.1 Å². The molecule has 3 N–H and O–H groups in total. The Bertz CT molecular complexity index is 257. The first-order chi connectivity index (χ1) is 6.72. The normalized spacial score (nSPS) is 12.4. The highest BCUT2D eigenvalue weighted by atomic mass is 15.2. The molecule has 1 atom stereocenters. The van der Waals surface area contributed by atoms with Crippen molar-refractivity contribution in [3.05, 3.63) is 12.1 Å². The van der Waals surface area contributed by atoms with Crippen molar-refractivity contribution < 1.29 is 0 Å². The zero-order valence-corrected chi connectivity index (χ0v) is 8.83. The Balaban J connectivity index is 2.39. The van der Waals surface area contributed by atoms with Gasteiger partial charge in [-0.25, -0.2) is 0 Å². The molecular weight excluding hydrogens is 176 g/mol. The molecule has 14 heavy (non-hydrogen) atoms. The third-order valence-electron chi connectivity index (χ3n) is 2.07. The van der Waals surface area contributed by atoms with Gasteiger partial charge < -0.3 is 11.1 Å². The maximum absolute atomic E-state index is 5.44. The lowest BCUT2D eigenvalue weighted by atomic mass is 10.1. The summed E-state index contributed by atoms with van der Waals surface area (Å²) in [6, 6.07) is 4.04. The standard InChI is InChI=1S/C10H18N4/c1-3-4-5-8(2)12-10-7-6-9(11)13-14-10/h6-8H,3-5H2,1-2H3,(H2,11,13)(H,12,14). The van der Waals surface area contributed by atoms with Crippen LogP contribution in [-0.4, -0.2) is 16.2 Å². The largest absolute Gasteiger partial charge is 0.382 e. The molecule has 0 amide bonds. The van der Waals surface area contributed by atoms with Crippen LogP contribution < -0.4 is 11.1 Å². The lowest BCUT2D eigenvalue weighted by molar-refractivity contribution is 0.642. The van der Waals surface area contributed by atoms with Gasteiger partial charge in [0.2, 0.25) is 0 Å². The average Bonchev–Trinajstić information content (AvgIpc) is 2.18. The van der Waals surface area contributed by atoms with Gasteiger partial charge in [0, 0.05) is 6.04 Å². The van der Waals surface area contributed by atoms with Crippen LogP contribution in [0.5, 0.6) is 0 Å². The molecule has 0 aliphatic heterocycles. The molecule has 1 unspecified atom stereocenters. The van der Waals surface area contributed by atoms with Gasteiger partial charge in [-0.3, -0.25) is 0 Å². The molecule has 1 heterocycles. The first-order valence-electron chi connectivity index (χ1n) is 5.08. The van der Waals surface area contributed by atoms with Gasteiger partial charge >= 0.3 is 0 Å². The monoisotopic (exact) mass is 194 g/mol. The van der Waals surface area contributed by atoms with Gasteiger partial charge in [-0.1, -0.05) is 19.8 Å². The molecule has 0 aromatic carbocycles. The molecule has 0 bridgehead atoms. The van der Waals surface area contributed by atoms with Crippen LogP contribution in [0, 0.1) is 0 Å². The van der Waals surface area contributed by atoms with E-state index in [1.165, 1.54) is 12.8 Å². The van der Waals surface area contributed by atoms with Gasteiger partial charge in [0.25, 0.3) is 0 Å². The molecular formula is C10H18N4. The first-order valence-corrected chi connectivity index (χ1v) is 5.08. The smallest absolute Gasteiger partial charge is 0.149 e. The van der Waals surface area contributed by atoms with Crippen LogP contribution in [0.15, 0.2) is 12.1 Å². The van der Waals surface area contributed by atoms with Crippen LogP contribution in [0.3, 0.4) is 0 Å². The summed E-state index contributed by atoms with van der Waals surface area (Å²) in [5.41, 5.74) is 5.44. The molecule has 1 aromatic rings.